The van der Waals surface area contributed by atoms with Crippen molar-refractivity contribution in [3.8, 4) is 5.88 Å². The predicted octanol–water partition coefficient (Wildman–Crippen LogP) is 1.31. The van der Waals surface area contributed by atoms with E-state index in [4.69, 9.17) is 19.9 Å². The van der Waals surface area contributed by atoms with E-state index in [0.717, 1.165) is 31.3 Å². The lowest BCUT2D eigenvalue weighted by Crippen LogP contribution is -2.43. The molecule has 0 amide bonds. The summed E-state index contributed by atoms with van der Waals surface area (Å²) in [6.07, 6.45) is -10.9. The number of carbonyl (C=O) groups is 2. The van der Waals surface area contributed by atoms with E-state index in [9.17, 15) is 27.6 Å². The summed E-state index contributed by atoms with van der Waals surface area (Å²) in [7, 11) is 1.32. The minimum absolute atomic E-state index is 0.00401. The van der Waals surface area contributed by atoms with Gasteiger partial charge in [0.1, 0.15) is 12.2 Å². The van der Waals surface area contributed by atoms with Crippen LogP contribution in [0, 0.1) is 5.92 Å². The van der Waals surface area contributed by atoms with E-state index in [1.807, 2.05) is 0 Å². The fourth-order valence-electron chi connectivity index (χ4n) is 4.20. The smallest absolute Gasteiger partial charge is 0.428 e. The van der Waals surface area contributed by atoms with Gasteiger partial charge in [-0.05, 0) is 18.8 Å². The van der Waals surface area contributed by atoms with Crippen LogP contribution in [0.1, 0.15) is 39.3 Å². The van der Waals surface area contributed by atoms with Crippen molar-refractivity contribution in [3.63, 3.8) is 0 Å². The summed E-state index contributed by atoms with van der Waals surface area (Å²) in [5, 5.41) is 0. The van der Waals surface area contributed by atoms with E-state index in [2.05, 4.69) is 14.7 Å². The van der Waals surface area contributed by atoms with E-state index in [-0.39, 0.29) is 28.9 Å². The number of hydrogen-bond acceptors (Lipinski definition) is 10. The molecule has 1 saturated carbocycles. The van der Waals surface area contributed by atoms with Crippen molar-refractivity contribution in [1.29, 1.82) is 0 Å². The molecule has 2 aromatic heterocycles. The molecule has 192 valence electrons. The van der Waals surface area contributed by atoms with Crippen LogP contribution in [-0.4, -0.2) is 62.6 Å². The van der Waals surface area contributed by atoms with Crippen LogP contribution in [0.2, 0.25) is 0 Å². The molecule has 0 bridgehead atoms. The van der Waals surface area contributed by atoms with Gasteiger partial charge in [-0.2, -0.15) is 23.1 Å². The second kappa shape index (κ2) is 9.02. The van der Waals surface area contributed by atoms with Gasteiger partial charge in [0, 0.05) is 26.8 Å². The molecule has 1 saturated heterocycles. The van der Waals surface area contributed by atoms with E-state index in [0.29, 0.717) is 6.54 Å². The maximum atomic E-state index is 13.7. The third-order valence-corrected chi connectivity index (χ3v) is 5.74. The monoisotopic (exact) mass is 503 g/mol. The number of ether oxygens (including phenoxy) is 4. The zero-order chi connectivity index (χ0) is 25.7. The molecule has 2 fully saturated rings. The van der Waals surface area contributed by atoms with Gasteiger partial charge in [0.25, 0.3) is 0 Å². The molecule has 35 heavy (non-hydrogen) atoms. The first-order valence-corrected chi connectivity index (χ1v) is 10.8. The van der Waals surface area contributed by atoms with Crippen LogP contribution in [0.5, 0.6) is 5.88 Å². The van der Waals surface area contributed by atoms with Crippen molar-refractivity contribution in [2.24, 2.45) is 5.92 Å². The predicted molar refractivity (Wildman–Crippen MR) is 111 cm³/mol. The molecular weight excluding hydrogens is 479 g/mol. The van der Waals surface area contributed by atoms with Gasteiger partial charge in [0.15, 0.2) is 17.4 Å². The molecule has 0 unspecified atom stereocenters. The van der Waals surface area contributed by atoms with Gasteiger partial charge < -0.3 is 24.7 Å². The third kappa shape index (κ3) is 4.90. The van der Waals surface area contributed by atoms with Crippen molar-refractivity contribution in [3.05, 3.63) is 10.5 Å². The molecule has 1 aliphatic heterocycles. The molecule has 0 spiro atoms. The summed E-state index contributed by atoms with van der Waals surface area (Å²) in [4.78, 5) is 44.8. The summed E-state index contributed by atoms with van der Waals surface area (Å²) in [6.45, 7) is 2.19. The Hall–Kier alpha value is -3.36. The number of nitrogens with zero attached hydrogens (tertiary/aromatic N) is 4. The molecule has 15 heteroatoms. The fourth-order valence-corrected chi connectivity index (χ4v) is 4.20. The SMILES string of the molecule is COc1nc(N)nc2c1n(CC1CC1)c(=O)n2[C@@H]1O[C@H]([C@@H](OC(C)=O)C(F)(F)F)C[C@H]1OC(C)=O. The summed E-state index contributed by atoms with van der Waals surface area (Å²) in [5.74, 6) is -2.02. The minimum Gasteiger partial charge on any atom is -0.479 e. The molecule has 2 aliphatic rings. The van der Waals surface area contributed by atoms with Gasteiger partial charge in [-0.25, -0.2) is 9.36 Å². The van der Waals surface area contributed by atoms with Gasteiger partial charge in [-0.15, -0.1) is 0 Å². The molecule has 12 nitrogen and oxygen atoms in total. The zero-order valence-electron chi connectivity index (χ0n) is 19.1. The molecule has 0 radical (unpaired) electrons. The first kappa shape index (κ1) is 24.8. The standard InChI is InChI=1S/C20H24F3N5O7/c1-8(29)33-12-6-11(14(20(21,22)23)34-9(2)30)35-17(12)28-15-13(16(32-3)26-18(24)25-15)27(19(28)31)7-10-4-5-10/h10-12,14,17H,4-7H2,1-3H3,(H2,24,25,26)/t11-,12+,14+,17+/m0/s1. The van der Waals surface area contributed by atoms with Crippen molar-refractivity contribution in [1.82, 2.24) is 19.1 Å². The highest BCUT2D eigenvalue weighted by Crippen LogP contribution is 2.40. The minimum atomic E-state index is -4.98. The maximum Gasteiger partial charge on any atom is 0.428 e. The Morgan fingerprint density at radius 1 is 1.23 bits per heavy atom. The van der Waals surface area contributed by atoms with Crippen molar-refractivity contribution < 1.29 is 41.7 Å². The Kier molecular flexibility index (Phi) is 6.38. The second-order valence-corrected chi connectivity index (χ2v) is 8.49. The van der Waals surface area contributed by atoms with Gasteiger partial charge >= 0.3 is 23.8 Å². The largest absolute Gasteiger partial charge is 0.479 e. The highest BCUT2D eigenvalue weighted by molar-refractivity contribution is 5.78. The fraction of sp³-hybridized carbons (Fsp3) is 0.650. The molecule has 0 aromatic carbocycles. The number of halogens is 3. The molecule has 4 atom stereocenters. The lowest BCUT2D eigenvalue weighted by atomic mass is 10.1. The lowest BCUT2D eigenvalue weighted by Gasteiger charge is -2.25. The van der Waals surface area contributed by atoms with Crippen molar-refractivity contribution in [2.75, 3.05) is 12.8 Å². The van der Waals surface area contributed by atoms with Crippen LogP contribution in [0.25, 0.3) is 11.2 Å². The summed E-state index contributed by atoms with van der Waals surface area (Å²) in [5.41, 5.74) is 5.23. The van der Waals surface area contributed by atoms with Crippen LogP contribution in [-0.2, 0) is 30.3 Å². The van der Waals surface area contributed by atoms with E-state index in [1.165, 1.54) is 11.7 Å². The average Bonchev–Trinajstić information content (AvgIpc) is 3.42. The van der Waals surface area contributed by atoms with Gasteiger partial charge in [-0.1, -0.05) is 0 Å². The first-order chi connectivity index (χ1) is 16.4. The number of imidazole rings is 1. The average molecular weight is 503 g/mol. The van der Waals surface area contributed by atoms with Crippen LogP contribution < -0.4 is 16.2 Å². The Balaban J connectivity index is 1.85. The van der Waals surface area contributed by atoms with Crippen LogP contribution in [0.15, 0.2) is 4.79 Å². The van der Waals surface area contributed by atoms with Crippen LogP contribution in [0.3, 0.4) is 0 Å². The number of carbonyl (C=O) groups excluding carboxylic acids is 2. The third-order valence-electron chi connectivity index (χ3n) is 5.74. The molecule has 2 N–H and O–H groups in total. The Morgan fingerprint density at radius 3 is 2.46 bits per heavy atom. The summed E-state index contributed by atoms with van der Waals surface area (Å²) < 4.78 is 64.0. The first-order valence-electron chi connectivity index (χ1n) is 10.8. The van der Waals surface area contributed by atoms with Gasteiger partial charge in [0.2, 0.25) is 17.9 Å². The van der Waals surface area contributed by atoms with E-state index < -0.39 is 54.8 Å². The number of aromatic nitrogens is 4. The Morgan fingerprint density at radius 2 is 1.91 bits per heavy atom. The Labute approximate surface area is 196 Å². The lowest BCUT2D eigenvalue weighted by molar-refractivity contribution is -0.248. The number of esters is 2. The normalized spacial score (nSPS) is 23.3. The van der Waals surface area contributed by atoms with Crippen molar-refractivity contribution >= 4 is 29.1 Å². The van der Waals surface area contributed by atoms with Crippen LogP contribution >= 0.6 is 0 Å². The number of hydrogen-bond donors (Lipinski definition) is 1. The molecule has 1 aliphatic carbocycles. The molecule has 2 aromatic rings. The summed E-state index contributed by atoms with van der Waals surface area (Å²) in [6, 6.07) is 0. The number of nitrogen functional groups attached to an aromatic ring is 1. The Bertz CT molecular complexity index is 1210. The van der Waals surface area contributed by atoms with E-state index in [1.54, 1.807) is 0 Å². The van der Waals surface area contributed by atoms with Crippen LogP contribution in [0.4, 0.5) is 19.1 Å². The molecule has 3 heterocycles. The number of methoxy groups -OCH3 is 1. The van der Waals surface area contributed by atoms with E-state index >= 15 is 0 Å². The zero-order valence-corrected chi connectivity index (χ0v) is 19.1. The molecule has 4 rings (SSSR count). The molecular formula is C20H24F3N5O7. The number of nitrogens with two attached hydrogens (primary N) is 1. The highest BCUT2D eigenvalue weighted by Gasteiger charge is 2.54. The maximum absolute atomic E-state index is 13.7. The highest BCUT2D eigenvalue weighted by atomic mass is 19.4. The van der Waals surface area contributed by atoms with Gasteiger partial charge in [-0.3, -0.25) is 14.2 Å². The second-order valence-electron chi connectivity index (χ2n) is 8.49. The number of fused-ring (bicyclic) bond motifs is 1. The van der Waals surface area contributed by atoms with Gasteiger partial charge in [0.05, 0.1) is 7.11 Å². The quantitative estimate of drug-likeness (QED) is 0.548. The van der Waals surface area contributed by atoms with Crippen molar-refractivity contribution in [2.45, 2.75) is 70.4 Å². The topological polar surface area (TPSA) is 150 Å². The number of rotatable bonds is 7. The summed E-state index contributed by atoms with van der Waals surface area (Å²) >= 11 is 0. The number of anilines is 1. The number of alkyl halides is 3.